The molecule has 0 saturated carbocycles. The summed E-state index contributed by atoms with van der Waals surface area (Å²) in [5.41, 5.74) is 5.04. The maximum Gasteiger partial charge on any atom is 0.312 e. The minimum atomic E-state index is -0.832. The molecule has 1 fully saturated rings. The summed E-state index contributed by atoms with van der Waals surface area (Å²) >= 11 is 0. The molecule has 0 aliphatic carbocycles. The van der Waals surface area contributed by atoms with Gasteiger partial charge in [0.1, 0.15) is 19.1 Å². The third kappa shape index (κ3) is 3.94. The summed E-state index contributed by atoms with van der Waals surface area (Å²) in [5.74, 6) is -1.70. The molecule has 1 rings (SSSR count). The standard InChI is InChI=1S/C11H18N4O4/c1-3-6(2)9(14-11(12)19)10(18)15-4-7(16)13-8(17)5-15/h6,9H,3-5H2,1-2H3,(H3,12,14,19)(H,13,16,17). The van der Waals surface area contributed by atoms with Crippen LogP contribution in [0.3, 0.4) is 0 Å². The van der Waals surface area contributed by atoms with E-state index in [0.29, 0.717) is 6.42 Å². The minimum Gasteiger partial charge on any atom is -0.352 e. The molecule has 0 aromatic heterocycles. The Morgan fingerprint density at radius 2 is 1.89 bits per heavy atom. The Kier molecular flexibility index (Phi) is 4.85. The van der Waals surface area contributed by atoms with Crippen molar-refractivity contribution in [3.05, 3.63) is 0 Å². The molecule has 0 bridgehead atoms. The van der Waals surface area contributed by atoms with Gasteiger partial charge in [0.25, 0.3) is 0 Å². The lowest BCUT2D eigenvalue weighted by Gasteiger charge is -2.31. The molecule has 0 radical (unpaired) electrons. The van der Waals surface area contributed by atoms with Gasteiger partial charge in [-0.25, -0.2) is 4.79 Å². The van der Waals surface area contributed by atoms with Crippen LogP contribution in [0.5, 0.6) is 0 Å². The fourth-order valence-corrected chi connectivity index (χ4v) is 1.83. The van der Waals surface area contributed by atoms with Crippen molar-refractivity contribution in [3.63, 3.8) is 0 Å². The predicted molar refractivity (Wildman–Crippen MR) is 65.7 cm³/mol. The topological polar surface area (TPSA) is 122 Å². The number of urea groups is 1. The molecule has 106 valence electrons. The highest BCUT2D eigenvalue weighted by atomic mass is 16.2. The van der Waals surface area contributed by atoms with Crippen molar-refractivity contribution in [2.75, 3.05) is 13.1 Å². The lowest BCUT2D eigenvalue weighted by Crippen LogP contribution is -2.59. The van der Waals surface area contributed by atoms with Crippen LogP contribution in [0.1, 0.15) is 20.3 Å². The van der Waals surface area contributed by atoms with E-state index in [2.05, 4.69) is 10.6 Å². The molecule has 1 heterocycles. The molecule has 8 heteroatoms. The Morgan fingerprint density at radius 1 is 1.37 bits per heavy atom. The van der Waals surface area contributed by atoms with Gasteiger partial charge in [-0.05, 0) is 5.92 Å². The van der Waals surface area contributed by atoms with Crippen molar-refractivity contribution >= 4 is 23.8 Å². The van der Waals surface area contributed by atoms with Crippen LogP contribution in [-0.4, -0.2) is 47.8 Å². The van der Waals surface area contributed by atoms with Crippen LogP contribution in [-0.2, 0) is 14.4 Å². The van der Waals surface area contributed by atoms with E-state index in [-0.39, 0.29) is 19.0 Å². The highest BCUT2D eigenvalue weighted by Gasteiger charge is 2.33. The summed E-state index contributed by atoms with van der Waals surface area (Å²) in [6, 6.07) is -1.65. The summed E-state index contributed by atoms with van der Waals surface area (Å²) < 4.78 is 0. The number of nitrogens with two attached hydrogens (primary N) is 1. The number of carbonyl (C=O) groups excluding carboxylic acids is 4. The molecule has 0 aromatic carbocycles. The largest absolute Gasteiger partial charge is 0.352 e. The Bertz CT molecular complexity index is 393. The van der Waals surface area contributed by atoms with Crippen LogP contribution in [0.2, 0.25) is 0 Å². The number of imide groups is 1. The second kappa shape index (κ2) is 6.17. The van der Waals surface area contributed by atoms with E-state index in [9.17, 15) is 19.2 Å². The number of carbonyl (C=O) groups is 4. The Labute approximate surface area is 110 Å². The molecule has 0 spiro atoms. The highest BCUT2D eigenvalue weighted by Crippen LogP contribution is 2.11. The van der Waals surface area contributed by atoms with Gasteiger partial charge in [0.2, 0.25) is 17.7 Å². The lowest BCUT2D eigenvalue weighted by molar-refractivity contribution is -0.147. The fraction of sp³-hybridized carbons (Fsp3) is 0.636. The third-order valence-corrected chi connectivity index (χ3v) is 3.04. The summed E-state index contributed by atoms with van der Waals surface area (Å²) in [7, 11) is 0. The van der Waals surface area contributed by atoms with Crippen molar-refractivity contribution in [3.8, 4) is 0 Å². The number of primary amides is 1. The van der Waals surface area contributed by atoms with Crippen LogP contribution in [0.15, 0.2) is 0 Å². The van der Waals surface area contributed by atoms with E-state index < -0.39 is 29.8 Å². The van der Waals surface area contributed by atoms with Gasteiger partial charge in [-0.2, -0.15) is 0 Å². The van der Waals surface area contributed by atoms with Gasteiger partial charge in [0.15, 0.2) is 0 Å². The Morgan fingerprint density at radius 3 is 2.32 bits per heavy atom. The second-order valence-electron chi connectivity index (χ2n) is 4.54. The maximum absolute atomic E-state index is 12.2. The van der Waals surface area contributed by atoms with E-state index in [4.69, 9.17) is 5.73 Å². The van der Waals surface area contributed by atoms with E-state index in [1.807, 2.05) is 6.92 Å². The molecule has 8 nitrogen and oxygen atoms in total. The highest BCUT2D eigenvalue weighted by molar-refractivity contribution is 6.03. The molecular weight excluding hydrogens is 252 g/mol. The zero-order valence-corrected chi connectivity index (χ0v) is 10.9. The number of amides is 5. The van der Waals surface area contributed by atoms with Crippen LogP contribution in [0, 0.1) is 5.92 Å². The number of rotatable bonds is 4. The maximum atomic E-state index is 12.2. The molecule has 2 unspecified atom stereocenters. The predicted octanol–water partition coefficient (Wildman–Crippen LogP) is -1.45. The van der Waals surface area contributed by atoms with Crippen LogP contribution in [0.4, 0.5) is 4.79 Å². The molecular formula is C11H18N4O4. The van der Waals surface area contributed by atoms with E-state index >= 15 is 0 Å². The normalized spacial score (nSPS) is 18.5. The van der Waals surface area contributed by atoms with Gasteiger partial charge in [-0.1, -0.05) is 20.3 Å². The van der Waals surface area contributed by atoms with Crippen molar-refractivity contribution in [2.24, 2.45) is 11.7 Å². The summed E-state index contributed by atoms with van der Waals surface area (Å²) in [5, 5.41) is 4.47. The summed E-state index contributed by atoms with van der Waals surface area (Å²) in [6.45, 7) is 3.25. The Hall–Kier alpha value is -2.12. The molecule has 1 aliphatic heterocycles. The average molecular weight is 270 g/mol. The van der Waals surface area contributed by atoms with Crippen LogP contribution in [0.25, 0.3) is 0 Å². The van der Waals surface area contributed by atoms with Gasteiger partial charge in [-0.3, -0.25) is 19.7 Å². The average Bonchev–Trinajstić information content (AvgIpc) is 2.32. The van der Waals surface area contributed by atoms with Gasteiger partial charge in [0, 0.05) is 0 Å². The molecule has 4 N–H and O–H groups in total. The first-order chi connectivity index (χ1) is 8.85. The number of hydrogen-bond donors (Lipinski definition) is 3. The van der Waals surface area contributed by atoms with Gasteiger partial charge in [-0.15, -0.1) is 0 Å². The van der Waals surface area contributed by atoms with Gasteiger partial charge in [0.05, 0.1) is 0 Å². The number of piperazine rings is 1. The van der Waals surface area contributed by atoms with E-state index in [1.165, 1.54) is 0 Å². The molecule has 1 saturated heterocycles. The van der Waals surface area contributed by atoms with Crippen molar-refractivity contribution in [1.82, 2.24) is 15.5 Å². The van der Waals surface area contributed by atoms with Crippen LogP contribution >= 0.6 is 0 Å². The molecule has 1 aliphatic rings. The first kappa shape index (κ1) is 14.9. The fourth-order valence-electron chi connectivity index (χ4n) is 1.83. The molecule has 19 heavy (non-hydrogen) atoms. The number of nitrogens with zero attached hydrogens (tertiary/aromatic N) is 1. The molecule has 2 atom stereocenters. The summed E-state index contributed by atoms with van der Waals surface area (Å²) in [6.07, 6.45) is 0.644. The quantitative estimate of drug-likeness (QED) is 0.541. The monoisotopic (exact) mass is 270 g/mol. The van der Waals surface area contributed by atoms with Crippen molar-refractivity contribution < 1.29 is 19.2 Å². The lowest BCUT2D eigenvalue weighted by atomic mass is 9.97. The molecule has 5 amide bonds. The van der Waals surface area contributed by atoms with Gasteiger partial charge >= 0.3 is 6.03 Å². The van der Waals surface area contributed by atoms with E-state index in [1.54, 1.807) is 6.92 Å². The first-order valence-corrected chi connectivity index (χ1v) is 6.02. The number of hydrogen-bond acceptors (Lipinski definition) is 4. The zero-order valence-electron chi connectivity index (χ0n) is 10.9. The SMILES string of the molecule is CCC(C)C(NC(N)=O)C(=O)N1CC(=O)NC(=O)C1. The summed E-state index contributed by atoms with van der Waals surface area (Å²) in [4.78, 5) is 46.8. The van der Waals surface area contributed by atoms with Crippen LogP contribution < -0.4 is 16.4 Å². The number of nitrogens with one attached hydrogen (secondary N) is 2. The first-order valence-electron chi connectivity index (χ1n) is 6.02. The Balaban J connectivity index is 2.83. The molecule has 0 aromatic rings. The smallest absolute Gasteiger partial charge is 0.312 e. The second-order valence-corrected chi connectivity index (χ2v) is 4.54. The van der Waals surface area contributed by atoms with Crippen molar-refractivity contribution in [2.45, 2.75) is 26.3 Å². The van der Waals surface area contributed by atoms with Gasteiger partial charge < -0.3 is 16.0 Å². The van der Waals surface area contributed by atoms with E-state index in [0.717, 1.165) is 4.90 Å². The van der Waals surface area contributed by atoms with Crippen molar-refractivity contribution in [1.29, 1.82) is 0 Å². The zero-order chi connectivity index (χ0) is 14.6. The third-order valence-electron chi connectivity index (χ3n) is 3.04. The minimum absolute atomic E-state index is 0.153.